The van der Waals surface area contributed by atoms with Gasteiger partial charge in [0.1, 0.15) is 5.69 Å². The van der Waals surface area contributed by atoms with E-state index in [1.165, 1.54) is 18.3 Å². The lowest BCUT2D eigenvalue weighted by Gasteiger charge is -2.23. The first-order chi connectivity index (χ1) is 18.0. The number of hydrogen-bond acceptors (Lipinski definition) is 5. The standard InChI is InChI=1S/C30H25N3O3S/c1-18(34)19-9-11-20(12-10-19)24-6-4-7-25(32-24)30(36)33-16-15-21-17-27(29(35)31-22-13-14-22)37-28(21)23-5-2-3-8-26(23)33/h2-12,17,22H,13-16H2,1H3,(H,31,35). The third-order valence-corrected chi connectivity index (χ3v) is 8.00. The summed E-state index contributed by atoms with van der Waals surface area (Å²) in [4.78, 5) is 46.3. The first kappa shape index (κ1) is 23.3. The van der Waals surface area contributed by atoms with Crippen molar-refractivity contribution in [3.8, 4) is 21.7 Å². The number of hydrogen-bond donors (Lipinski definition) is 1. The molecular formula is C30H25N3O3S. The molecule has 1 saturated carbocycles. The van der Waals surface area contributed by atoms with Crippen molar-refractivity contribution in [1.29, 1.82) is 0 Å². The number of anilines is 1. The monoisotopic (exact) mass is 507 g/mol. The summed E-state index contributed by atoms with van der Waals surface area (Å²) in [5.41, 5.74) is 5.37. The molecule has 2 amide bonds. The van der Waals surface area contributed by atoms with E-state index in [0.29, 0.717) is 36.0 Å². The molecule has 6 nitrogen and oxygen atoms in total. The molecular weight excluding hydrogens is 482 g/mol. The molecule has 0 spiro atoms. The van der Waals surface area contributed by atoms with Crippen LogP contribution < -0.4 is 10.2 Å². The molecule has 0 bridgehead atoms. The predicted octanol–water partition coefficient (Wildman–Crippen LogP) is 5.77. The number of carbonyl (C=O) groups excluding carboxylic acids is 3. The summed E-state index contributed by atoms with van der Waals surface area (Å²) in [6, 6.07) is 22.8. The van der Waals surface area contributed by atoms with Crippen LogP contribution in [0, 0.1) is 0 Å². The fraction of sp³-hybridized carbons (Fsp3) is 0.200. The lowest BCUT2D eigenvalue weighted by molar-refractivity contribution is 0.0952. The van der Waals surface area contributed by atoms with E-state index in [0.717, 1.165) is 45.0 Å². The van der Waals surface area contributed by atoms with Crippen molar-refractivity contribution in [2.24, 2.45) is 0 Å². The van der Waals surface area contributed by atoms with Gasteiger partial charge >= 0.3 is 0 Å². The minimum absolute atomic E-state index is 0.00689. The van der Waals surface area contributed by atoms with E-state index in [1.54, 1.807) is 23.1 Å². The number of amides is 2. The van der Waals surface area contributed by atoms with Gasteiger partial charge in [-0.2, -0.15) is 0 Å². The number of thiophene rings is 1. The van der Waals surface area contributed by atoms with Gasteiger partial charge in [-0.1, -0.05) is 48.5 Å². The molecule has 0 saturated heterocycles. The predicted molar refractivity (Wildman–Crippen MR) is 145 cm³/mol. The second-order valence-electron chi connectivity index (χ2n) is 9.48. The highest BCUT2D eigenvalue weighted by molar-refractivity contribution is 7.17. The molecule has 4 aromatic rings. The number of benzene rings is 2. The zero-order valence-electron chi connectivity index (χ0n) is 20.4. The normalized spacial score (nSPS) is 14.4. The summed E-state index contributed by atoms with van der Waals surface area (Å²) >= 11 is 1.49. The van der Waals surface area contributed by atoms with Crippen LogP contribution in [0.1, 0.15) is 55.8 Å². The first-order valence-corrected chi connectivity index (χ1v) is 13.2. The Labute approximate surface area is 219 Å². The van der Waals surface area contributed by atoms with E-state index in [1.807, 2.05) is 54.6 Å². The van der Waals surface area contributed by atoms with Crippen molar-refractivity contribution in [3.05, 3.63) is 94.5 Å². The molecule has 2 aliphatic rings. The lowest BCUT2D eigenvalue weighted by atomic mass is 10.1. The molecule has 0 unspecified atom stereocenters. The van der Waals surface area contributed by atoms with Crippen LogP contribution in [0.15, 0.2) is 72.8 Å². The summed E-state index contributed by atoms with van der Waals surface area (Å²) in [5, 5.41) is 3.08. The Morgan fingerprint density at radius 3 is 2.51 bits per heavy atom. The maximum atomic E-state index is 13.8. The van der Waals surface area contributed by atoms with Gasteiger partial charge in [0.2, 0.25) is 0 Å². The second kappa shape index (κ2) is 9.41. The van der Waals surface area contributed by atoms with E-state index in [4.69, 9.17) is 0 Å². The van der Waals surface area contributed by atoms with Gasteiger partial charge in [0, 0.05) is 34.2 Å². The van der Waals surface area contributed by atoms with Crippen LogP contribution in [0.25, 0.3) is 21.7 Å². The highest BCUT2D eigenvalue weighted by atomic mass is 32.1. The number of pyridine rings is 1. The zero-order chi connectivity index (χ0) is 25.5. The van der Waals surface area contributed by atoms with Crippen molar-refractivity contribution < 1.29 is 14.4 Å². The summed E-state index contributed by atoms with van der Waals surface area (Å²) in [5.74, 6) is -0.174. The maximum absolute atomic E-state index is 13.8. The molecule has 2 aromatic heterocycles. The van der Waals surface area contributed by atoms with Crippen LogP contribution in [-0.2, 0) is 6.42 Å². The number of ketones is 1. The Hall–Kier alpha value is -4.10. The Balaban J connectivity index is 1.31. The highest BCUT2D eigenvalue weighted by Crippen LogP contribution is 2.42. The molecule has 1 aliphatic carbocycles. The smallest absolute Gasteiger partial charge is 0.276 e. The Morgan fingerprint density at radius 2 is 1.76 bits per heavy atom. The van der Waals surface area contributed by atoms with Gasteiger partial charge in [-0.05, 0) is 56.0 Å². The van der Waals surface area contributed by atoms with E-state index in [-0.39, 0.29) is 17.6 Å². The van der Waals surface area contributed by atoms with Gasteiger partial charge in [0.15, 0.2) is 5.78 Å². The van der Waals surface area contributed by atoms with Crippen molar-refractivity contribution >= 4 is 34.6 Å². The van der Waals surface area contributed by atoms with Gasteiger partial charge in [-0.15, -0.1) is 11.3 Å². The van der Waals surface area contributed by atoms with E-state index in [2.05, 4.69) is 10.3 Å². The van der Waals surface area contributed by atoms with Crippen molar-refractivity contribution in [1.82, 2.24) is 10.3 Å². The van der Waals surface area contributed by atoms with Crippen molar-refractivity contribution in [2.45, 2.75) is 32.2 Å². The van der Waals surface area contributed by atoms with Gasteiger partial charge in [0.25, 0.3) is 11.8 Å². The van der Waals surface area contributed by atoms with Crippen LogP contribution in [0.2, 0.25) is 0 Å². The third-order valence-electron chi connectivity index (χ3n) is 6.79. The molecule has 7 heteroatoms. The number of rotatable bonds is 5. The number of para-hydroxylation sites is 1. The van der Waals surface area contributed by atoms with E-state index >= 15 is 0 Å². The topological polar surface area (TPSA) is 79.4 Å². The molecule has 184 valence electrons. The maximum Gasteiger partial charge on any atom is 0.276 e. The van der Waals surface area contributed by atoms with Gasteiger partial charge in [-0.3, -0.25) is 14.4 Å². The molecule has 2 aromatic carbocycles. The average Bonchev–Trinajstić information content (AvgIpc) is 3.67. The summed E-state index contributed by atoms with van der Waals surface area (Å²) in [7, 11) is 0. The second-order valence-corrected chi connectivity index (χ2v) is 10.5. The van der Waals surface area contributed by atoms with Gasteiger partial charge in [-0.25, -0.2) is 4.98 Å². The summed E-state index contributed by atoms with van der Waals surface area (Å²) < 4.78 is 0. The molecule has 1 N–H and O–H groups in total. The first-order valence-electron chi connectivity index (χ1n) is 12.4. The summed E-state index contributed by atoms with van der Waals surface area (Å²) in [6.45, 7) is 2.02. The largest absolute Gasteiger partial charge is 0.349 e. The number of carbonyl (C=O) groups is 3. The number of aromatic nitrogens is 1. The third kappa shape index (κ3) is 4.58. The van der Waals surface area contributed by atoms with Crippen LogP contribution in [0.3, 0.4) is 0 Å². The van der Waals surface area contributed by atoms with Crippen LogP contribution in [-0.4, -0.2) is 35.2 Å². The van der Waals surface area contributed by atoms with Crippen molar-refractivity contribution in [2.75, 3.05) is 11.4 Å². The van der Waals surface area contributed by atoms with Gasteiger partial charge in [0.05, 0.1) is 16.3 Å². The molecule has 37 heavy (non-hydrogen) atoms. The molecule has 0 atom stereocenters. The van der Waals surface area contributed by atoms with Crippen LogP contribution >= 0.6 is 11.3 Å². The molecule has 1 aliphatic heterocycles. The molecule has 1 fully saturated rings. The molecule has 3 heterocycles. The molecule has 0 radical (unpaired) electrons. The zero-order valence-corrected chi connectivity index (χ0v) is 21.2. The van der Waals surface area contributed by atoms with E-state index in [9.17, 15) is 14.4 Å². The van der Waals surface area contributed by atoms with Gasteiger partial charge < -0.3 is 10.2 Å². The fourth-order valence-corrected chi connectivity index (χ4v) is 5.78. The van der Waals surface area contributed by atoms with Crippen molar-refractivity contribution in [3.63, 3.8) is 0 Å². The average molecular weight is 508 g/mol. The Kier molecular flexibility index (Phi) is 5.93. The highest BCUT2D eigenvalue weighted by Gasteiger charge is 2.29. The number of fused-ring (bicyclic) bond motifs is 3. The molecule has 6 rings (SSSR count). The lowest BCUT2D eigenvalue weighted by Crippen LogP contribution is -2.33. The minimum Gasteiger partial charge on any atom is -0.349 e. The number of nitrogens with zero attached hydrogens (tertiary/aromatic N) is 2. The Morgan fingerprint density at radius 1 is 0.973 bits per heavy atom. The van der Waals surface area contributed by atoms with Crippen LogP contribution in [0.5, 0.6) is 0 Å². The number of nitrogens with one attached hydrogen (secondary N) is 1. The Bertz CT molecular complexity index is 1540. The SMILES string of the molecule is CC(=O)c1ccc(-c2cccc(C(=O)N3CCc4cc(C(=O)NC5CC5)sc4-c4ccccc43)n2)cc1. The number of Topliss-reactive ketones (excluding diaryl/α,β-unsaturated/α-hetero) is 1. The van der Waals surface area contributed by atoms with E-state index < -0.39 is 0 Å². The fourth-order valence-electron chi connectivity index (χ4n) is 4.63. The quantitative estimate of drug-likeness (QED) is 0.348. The summed E-state index contributed by atoms with van der Waals surface area (Å²) in [6.07, 6.45) is 2.75. The minimum atomic E-state index is -0.170. The van der Waals surface area contributed by atoms with Crippen LogP contribution in [0.4, 0.5) is 5.69 Å².